The van der Waals surface area contributed by atoms with Crippen LogP contribution < -0.4 is 5.32 Å². The number of nitrogens with zero attached hydrogens (tertiary/aromatic N) is 3. The number of nitrogens with one attached hydrogen (secondary N) is 1. The van der Waals surface area contributed by atoms with Crippen LogP contribution in [0.1, 0.15) is 18.2 Å². The van der Waals surface area contributed by atoms with Gasteiger partial charge >= 0.3 is 0 Å². The Hall–Kier alpha value is -3.21. The summed E-state index contributed by atoms with van der Waals surface area (Å²) in [6, 6.07) is 17.2. The normalized spacial score (nSPS) is 11.0. The van der Waals surface area contributed by atoms with Crippen molar-refractivity contribution in [1.29, 1.82) is 0 Å². The molecule has 5 heteroatoms. The molecule has 0 spiro atoms. The average molecular weight is 346 g/mol. The molecule has 0 amide bonds. The molecule has 2 N–H and O–H groups in total. The van der Waals surface area contributed by atoms with Gasteiger partial charge < -0.3 is 10.4 Å². The van der Waals surface area contributed by atoms with Crippen LogP contribution in [0.5, 0.6) is 5.75 Å². The molecule has 0 aliphatic heterocycles. The minimum atomic E-state index is 0.278. The van der Waals surface area contributed by atoms with E-state index in [0.29, 0.717) is 12.4 Å². The molecule has 0 unspecified atom stereocenters. The van der Waals surface area contributed by atoms with Crippen molar-refractivity contribution in [2.45, 2.75) is 20.3 Å². The number of phenolic OH excluding ortho intramolecular Hbond substituents is 1. The third-order valence-corrected chi connectivity index (χ3v) is 3.99. The first-order valence-corrected chi connectivity index (χ1v) is 8.62. The minimum absolute atomic E-state index is 0.278. The van der Waals surface area contributed by atoms with Crippen LogP contribution in [-0.2, 0) is 6.42 Å². The predicted molar refractivity (Wildman–Crippen MR) is 106 cm³/mol. The van der Waals surface area contributed by atoms with Gasteiger partial charge in [-0.1, -0.05) is 42.5 Å². The van der Waals surface area contributed by atoms with Gasteiger partial charge in [-0.05, 0) is 38.0 Å². The van der Waals surface area contributed by atoms with Crippen LogP contribution in [0.2, 0.25) is 0 Å². The first kappa shape index (κ1) is 17.6. The van der Waals surface area contributed by atoms with Crippen molar-refractivity contribution in [3.8, 4) is 17.1 Å². The summed E-state index contributed by atoms with van der Waals surface area (Å²) < 4.78 is 0. The van der Waals surface area contributed by atoms with Crippen LogP contribution in [0, 0.1) is 6.92 Å². The second-order valence-electron chi connectivity index (χ2n) is 5.93. The largest absolute Gasteiger partial charge is 0.508 e. The third kappa shape index (κ3) is 4.25. The highest BCUT2D eigenvalue weighted by atomic mass is 16.3. The standard InChI is InChI=1S/C21H22N4O/c1-3-22-19-15(2)24-20(17-7-5-4-6-8-17)25-21(19)23-14-13-16-9-11-18(26)12-10-16/h3-12,26H,13-14H2,1-2H3,(H,23,24,25)/b22-3-. The second kappa shape index (κ2) is 8.25. The highest BCUT2D eigenvalue weighted by Gasteiger charge is 2.12. The number of phenols is 1. The molecule has 3 rings (SSSR count). The van der Waals surface area contributed by atoms with Crippen LogP contribution in [0.15, 0.2) is 59.6 Å². The summed E-state index contributed by atoms with van der Waals surface area (Å²) in [5.41, 5.74) is 3.72. The SMILES string of the molecule is C/C=N\c1c(C)nc(-c2ccccc2)nc1NCCc1ccc(O)cc1. The Balaban J connectivity index is 1.83. The van der Waals surface area contributed by atoms with E-state index in [4.69, 9.17) is 4.98 Å². The molecular weight excluding hydrogens is 324 g/mol. The lowest BCUT2D eigenvalue weighted by molar-refractivity contribution is 0.475. The summed E-state index contributed by atoms with van der Waals surface area (Å²) in [5, 5.41) is 12.8. The zero-order chi connectivity index (χ0) is 18.4. The maximum atomic E-state index is 9.38. The number of aromatic nitrogens is 2. The van der Waals surface area contributed by atoms with E-state index >= 15 is 0 Å². The summed E-state index contributed by atoms with van der Waals surface area (Å²) in [5.74, 6) is 1.69. The zero-order valence-electron chi connectivity index (χ0n) is 15.0. The van der Waals surface area contributed by atoms with Gasteiger partial charge in [-0.25, -0.2) is 9.97 Å². The molecule has 0 aliphatic rings. The van der Waals surface area contributed by atoms with Gasteiger partial charge in [0.1, 0.15) is 11.4 Å². The molecule has 1 aromatic heterocycles. The molecule has 1 heterocycles. The average Bonchev–Trinajstić information content (AvgIpc) is 2.66. The molecule has 26 heavy (non-hydrogen) atoms. The molecule has 0 fully saturated rings. The first-order chi connectivity index (χ1) is 12.7. The summed E-state index contributed by atoms with van der Waals surface area (Å²) in [6.45, 7) is 4.54. The van der Waals surface area contributed by atoms with Crippen molar-refractivity contribution >= 4 is 17.7 Å². The Bertz CT molecular complexity index is 890. The lowest BCUT2D eigenvalue weighted by Crippen LogP contribution is -2.08. The number of anilines is 1. The summed E-state index contributed by atoms with van der Waals surface area (Å²) >= 11 is 0. The molecule has 5 nitrogen and oxygen atoms in total. The molecule has 0 atom stereocenters. The van der Waals surface area contributed by atoms with Crippen molar-refractivity contribution in [3.63, 3.8) is 0 Å². The van der Waals surface area contributed by atoms with Crippen molar-refractivity contribution in [2.75, 3.05) is 11.9 Å². The number of aromatic hydroxyl groups is 1. The molecular formula is C21H22N4O. The van der Waals surface area contributed by atoms with E-state index < -0.39 is 0 Å². The quantitative estimate of drug-likeness (QED) is 0.643. The van der Waals surface area contributed by atoms with E-state index in [2.05, 4.69) is 15.3 Å². The predicted octanol–water partition coefficient (Wildman–Crippen LogP) is 4.53. The Labute approximate surface area is 153 Å². The number of aryl methyl sites for hydroxylation is 1. The second-order valence-corrected chi connectivity index (χ2v) is 5.93. The lowest BCUT2D eigenvalue weighted by atomic mass is 10.1. The number of benzene rings is 2. The van der Waals surface area contributed by atoms with Gasteiger partial charge in [0, 0.05) is 18.3 Å². The van der Waals surface area contributed by atoms with E-state index in [-0.39, 0.29) is 5.75 Å². The fraction of sp³-hybridized carbons (Fsp3) is 0.190. The monoisotopic (exact) mass is 346 g/mol. The zero-order valence-corrected chi connectivity index (χ0v) is 15.0. The minimum Gasteiger partial charge on any atom is -0.508 e. The van der Waals surface area contributed by atoms with E-state index in [1.54, 1.807) is 18.3 Å². The van der Waals surface area contributed by atoms with Gasteiger partial charge in [0.05, 0.1) is 5.69 Å². The van der Waals surface area contributed by atoms with E-state index in [1.807, 2.05) is 56.3 Å². The molecule has 0 saturated heterocycles. The van der Waals surface area contributed by atoms with Gasteiger partial charge in [-0.15, -0.1) is 0 Å². The van der Waals surface area contributed by atoms with E-state index in [9.17, 15) is 5.11 Å². The molecule has 0 radical (unpaired) electrons. The van der Waals surface area contributed by atoms with Crippen LogP contribution >= 0.6 is 0 Å². The number of hydrogen-bond donors (Lipinski definition) is 2. The summed E-state index contributed by atoms with van der Waals surface area (Å²) in [7, 11) is 0. The molecule has 0 saturated carbocycles. The Kier molecular flexibility index (Phi) is 5.59. The number of aliphatic imine (C=N–C) groups is 1. The fourth-order valence-corrected chi connectivity index (χ4v) is 2.68. The van der Waals surface area contributed by atoms with Crippen molar-refractivity contribution in [3.05, 3.63) is 65.9 Å². The maximum Gasteiger partial charge on any atom is 0.161 e. The smallest absolute Gasteiger partial charge is 0.161 e. The fourth-order valence-electron chi connectivity index (χ4n) is 2.68. The molecule has 2 aromatic carbocycles. The first-order valence-electron chi connectivity index (χ1n) is 8.62. The third-order valence-electron chi connectivity index (χ3n) is 3.99. The Morgan fingerprint density at radius 1 is 1.04 bits per heavy atom. The molecule has 132 valence electrons. The molecule has 0 bridgehead atoms. The highest BCUT2D eigenvalue weighted by molar-refractivity contribution is 5.72. The lowest BCUT2D eigenvalue weighted by Gasteiger charge is -2.12. The van der Waals surface area contributed by atoms with Crippen LogP contribution in [0.3, 0.4) is 0 Å². The molecule has 3 aromatic rings. The van der Waals surface area contributed by atoms with E-state index in [0.717, 1.165) is 34.7 Å². The maximum absolute atomic E-state index is 9.38. The number of hydrogen-bond acceptors (Lipinski definition) is 5. The summed E-state index contributed by atoms with van der Waals surface area (Å²) in [4.78, 5) is 13.7. The Morgan fingerprint density at radius 3 is 2.46 bits per heavy atom. The van der Waals surface area contributed by atoms with Crippen LogP contribution in [0.4, 0.5) is 11.5 Å². The van der Waals surface area contributed by atoms with Crippen molar-refractivity contribution in [1.82, 2.24) is 9.97 Å². The van der Waals surface area contributed by atoms with Gasteiger partial charge in [-0.2, -0.15) is 0 Å². The van der Waals surface area contributed by atoms with E-state index in [1.165, 1.54) is 0 Å². The Morgan fingerprint density at radius 2 is 1.77 bits per heavy atom. The molecule has 0 aliphatic carbocycles. The van der Waals surface area contributed by atoms with Gasteiger partial charge in [0.15, 0.2) is 11.6 Å². The highest BCUT2D eigenvalue weighted by Crippen LogP contribution is 2.29. The van der Waals surface area contributed by atoms with Crippen molar-refractivity contribution in [2.24, 2.45) is 4.99 Å². The van der Waals surface area contributed by atoms with Crippen LogP contribution in [-0.4, -0.2) is 27.8 Å². The van der Waals surface area contributed by atoms with Crippen LogP contribution in [0.25, 0.3) is 11.4 Å². The summed E-state index contributed by atoms with van der Waals surface area (Å²) in [6.07, 6.45) is 2.57. The van der Waals surface area contributed by atoms with Gasteiger partial charge in [0.25, 0.3) is 0 Å². The van der Waals surface area contributed by atoms with Gasteiger partial charge in [-0.3, -0.25) is 4.99 Å². The topological polar surface area (TPSA) is 70.4 Å². The number of rotatable bonds is 6. The van der Waals surface area contributed by atoms with Crippen molar-refractivity contribution < 1.29 is 5.11 Å². The van der Waals surface area contributed by atoms with Gasteiger partial charge in [0.2, 0.25) is 0 Å².